The predicted molar refractivity (Wildman–Crippen MR) is 59.2 cm³/mol. The molecule has 0 radical (unpaired) electrons. The van der Waals surface area contributed by atoms with Crippen LogP contribution in [0.1, 0.15) is 31.4 Å². The number of hydrogen-bond acceptors (Lipinski definition) is 4. The molecule has 4 heteroatoms. The monoisotopic (exact) mass is 209 g/mol. The van der Waals surface area contributed by atoms with Gasteiger partial charge in [0.15, 0.2) is 11.6 Å². The number of aromatic nitrogens is 1. The minimum atomic E-state index is 0.472. The van der Waals surface area contributed by atoms with Gasteiger partial charge in [0.05, 0.1) is 6.54 Å². The second kappa shape index (κ2) is 4.66. The molecule has 0 aromatic carbocycles. The Bertz CT molecular complexity index is 305. The third-order valence-corrected chi connectivity index (χ3v) is 3.05. The van der Waals surface area contributed by atoms with E-state index in [9.17, 15) is 0 Å². The van der Waals surface area contributed by atoms with E-state index >= 15 is 0 Å². The fourth-order valence-electron chi connectivity index (χ4n) is 2.37. The van der Waals surface area contributed by atoms with Crippen molar-refractivity contribution in [1.29, 1.82) is 0 Å². The van der Waals surface area contributed by atoms with Crippen LogP contribution in [0.4, 0.5) is 5.82 Å². The summed E-state index contributed by atoms with van der Waals surface area (Å²) in [6, 6.07) is 1.80. The number of hydrogen-bond donors (Lipinski definition) is 1. The highest BCUT2D eigenvalue weighted by atomic mass is 16.5. The molecule has 0 saturated heterocycles. The largest absolute Gasteiger partial charge is 0.381 e. The Kier molecular flexibility index (Phi) is 3.26. The minimum absolute atomic E-state index is 0.472. The summed E-state index contributed by atoms with van der Waals surface area (Å²) in [6.45, 7) is 1.96. The minimum Gasteiger partial charge on any atom is -0.381 e. The molecule has 1 aliphatic carbocycles. The van der Waals surface area contributed by atoms with Crippen molar-refractivity contribution in [3.05, 3.63) is 11.8 Å². The van der Waals surface area contributed by atoms with E-state index in [0.717, 1.165) is 24.8 Å². The Hall–Kier alpha value is -1.03. The zero-order valence-electron chi connectivity index (χ0n) is 9.28. The van der Waals surface area contributed by atoms with Gasteiger partial charge in [-0.1, -0.05) is 18.0 Å². The molecule has 15 heavy (non-hydrogen) atoms. The summed E-state index contributed by atoms with van der Waals surface area (Å²) in [4.78, 5) is 2.29. The fourth-order valence-corrected chi connectivity index (χ4v) is 2.37. The van der Waals surface area contributed by atoms with Crippen molar-refractivity contribution in [2.24, 2.45) is 5.92 Å². The molecule has 2 rings (SSSR count). The fraction of sp³-hybridized carbons (Fsp3) is 0.727. The zero-order chi connectivity index (χ0) is 10.7. The second-order valence-electron chi connectivity index (χ2n) is 4.57. The van der Waals surface area contributed by atoms with Crippen molar-refractivity contribution in [3.63, 3.8) is 0 Å². The van der Waals surface area contributed by atoms with Gasteiger partial charge in [0.25, 0.3) is 0 Å². The summed E-state index contributed by atoms with van der Waals surface area (Å²) >= 11 is 0. The van der Waals surface area contributed by atoms with Crippen LogP contribution in [0.25, 0.3) is 0 Å². The first kappa shape index (κ1) is 10.5. The Labute approximate surface area is 90.4 Å². The lowest BCUT2D eigenvalue weighted by Gasteiger charge is -2.18. The van der Waals surface area contributed by atoms with Crippen LogP contribution in [-0.4, -0.2) is 23.6 Å². The second-order valence-corrected chi connectivity index (χ2v) is 4.57. The lowest BCUT2D eigenvalue weighted by molar-refractivity contribution is 0.239. The van der Waals surface area contributed by atoms with Crippen LogP contribution >= 0.6 is 0 Å². The molecule has 1 aliphatic rings. The van der Waals surface area contributed by atoms with E-state index < -0.39 is 0 Å². The number of anilines is 1. The van der Waals surface area contributed by atoms with Crippen molar-refractivity contribution in [3.8, 4) is 0 Å². The Morgan fingerprint density at radius 1 is 1.53 bits per heavy atom. The van der Waals surface area contributed by atoms with E-state index in [-0.39, 0.29) is 0 Å². The number of nitrogens with two attached hydrogens (primary N) is 1. The maximum absolute atomic E-state index is 5.49. The maximum Gasteiger partial charge on any atom is 0.167 e. The van der Waals surface area contributed by atoms with Crippen molar-refractivity contribution in [1.82, 2.24) is 10.1 Å². The van der Waals surface area contributed by atoms with Gasteiger partial charge < -0.3 is 10.3 Å². The Morgan fingerprint density at radius 2 is 2.27 bits per heavy atom. The molecule has 0 atom stereocenters. The molecule has 1 aromatic rings. The maximum atomic E-state index is 5.49. The molecule has 1 saturated carbocycles. The van der Waals surface area contributed by atoms with Gasteiger partial charge >= 0.3 is 0 Å². The number of nitrogens with zero attached hydrogens (tertiary/aromatic N) is 2. The first-order valence-corrected chi connectivity index (χ1v) is 5.63. The Morgan fingerprint density at radius 3 is 2.87 bits per heavy atom. The van der Waals surface area contributed by atoms with Crippen molar-refractivity contribution >= 4 is 5.82 Å². The summed E-state index contributed by atoms with van der Waals surface area (Å²) in [7, 11) is 2.12. The molecule has 0 amide bonds. The normalized spacial score (nSPS) is 17.7. The predicted octanol–water partition coefficient (Wildman–Crippen LogP) is 1.88. The molecule has 0 aliphatic heterocycles. The number of rotatable bonds is 4. The third-order valence-electron chi connectivity index (χ3n) is 3.05. The van der Waals surface area contributed by atoms with Gasteiger partial charge in [0, 0.05) is 12.6 Å². The summed E-state index contributed by atoms with van der Waals surface area (Å²) in [6.07, 6.45) is 5.55. The average molecular weight is 209 g/mol. The molecule has 84 valence electrons. The lowest BCUT2D eigenvalue weighted by atomic mass is 10.1. The molecule has 0 bridgehead atoms. The van der Waals surface area contributed by atoms with E-state index in [4.69, 9.17) is 10.3 Å². The van der Waals surface area contributed by atoms with Crippen LogP contribution in [0.2, 0.25) is 0 Å². The van der Waals surface area contributed by atoms with E-state index in [1.807, 2.05) is 0 Å². The van der Waals surface area contributed by atoms with Gasteiger partial charge in [0.1, 0.15) is 0 Å². The molecular formula is C11H19N3O. The Balaban J connectivity index is 1.78. The summed E-state index contributed by atoms with van der Waals surface area (Å²) < 4.78 is 5.08. The van der Waals surface area contributed by atoms with E-state index in [0.29, 0.717) is 5.82 Å². The van der Waals surface area contributed by atoms with Crippen LogP contribution in [0.3, 0.4) is 0 Å². The van der Waals surface area contributed by atoms with E-state index in [2.05, 4.69) is 17.1 Å². The van der Waals surface area contributed by atoms with Crippen LogP contribution in [0.5, 0.6) is 0 Å². The van der Waals surface area contributed by atoms with Gasteiger partial charge in [-0.3, -0.25) is 4.90 Å². The van der Waals surface area contributed by atoms with Gasteiger partial charge in [-0.2, -0.15) is 0 Å². The first-order valence-electron chi connectivity index (χ1n) is 5.63. The molecule has 4 nitrogen and oxygen atoms in total. The van der Waals surface area contributed by atoms with Crippen LogP contribution < -0.4 is 5.73 Å². The molecule has 1 fully saturated rings. The van der Waals surface area contributed by atoms with Gasteiger partial charge in [0.2, 0.25) is 0 Å². The van der Waals surface area contributed by atoms with Crippen LogP contribution in [0, 0.1) is 5.92 Å². The molecule has 1 heterocycles. The smallest absolute Gasteiger partial charge is 0.167 e. The summed E-state index contributed by atoms with van der Waals surface area (Å²) in [5.74, 6) is 2.20. The van der Waals surface area contributed by atoms with Gasteiger partial charge in [-0.15, -0.1) is 0 Å². The van der Waals surface area contributed by atoms with E-state index in [1.54, 1.807) is 6.07 Å². The van der Waals surface area contributed by atoms with Gasteiger partial charge in [-0.25, -0.2) is 0 Å². The molecular weight excluding hydrogens is 190 g/mol. The van der Waals surface area contributed by atoms with Crippen LogP contribution in [-0.2, 0) is 6.54 Å². The summed E-state index contributed by atoms with van der Waals surface area (Å²) in [5.41, 5.74) is 5.49. The van der Waals surface area contributed by atoms with Crippen molar-refractivity contribution in [2.75, 3.05) is 19.3 Å². The van der Waals surface area contributed by atoms with Crippen molar-refractivity contribution in [2.45, 2.75) is 32.2 Å². The molecule has 0 unspecified atom stereocenters. The van der Waals surface area contributed by atoms with Crippen LogP contribution in [0.15, 0.2) is 10.6 Å². The molecule has 0 spiro atoms. The highest BCUT2D eigenvalue weighted by Crippen LogP contribution is 2.25. The quantitative estimate of drug-likeness (QED) is 0.822. The standard InChI is InChI=1S/C11H19N3O/c1-14(7-9-4-2-3-5-9)8-10-6-11(12)13-15-10/h6,9H,2-5,7-8H2,1H3,(H2,12,13). The van der Waals surface area contributed by atoms with Crippen molar-refractivity contribution < 1.29 is 4.52 Å². The highest BCUT2D eigenvalue weighted by molar-refractivity contribution is 5.26. The molecule has 1 aromatic heterocycles. The topological polar surface area (TPSA) is 55.3 Å². The first-order chi connectivity index (χ1) is 7.24. The SMILES string of the molecule is CN(Cc1cc(N)no1)CC1CCCC1. The summed E-state index contributed by atoms with van der Waals surface area (Å²) in [5, 5.41) is 3.68. The average Bonchev–Trinajstić information content (AvgIpc) is 2.77. The molecule has 2 N–H and O–H groups in total. The highest BCUT2D eigenvalue weighted by Gasteiger charge is 2.17. The lowest BCUT2D eigenvalue weighted by Crippen LogP contribution is -2.23. The van der Waals surface area contributed by atoms with E-state index in [1.165, 1.54) is 25.7 Å². The van der Waals surface area contributed by atoms with Gasteiger partial charge in [-0.05, 0) is 25.8 Å². The third kappa shape index (κ3) is 2.96. The zero-order valence-corrected chi connectivity index (χ0v) is 9.28. The number of nitrogen functional groups attached to an aromatic ring is 1.